The van der Waals surface area contributed by atoms with Crippen LogP contribution in [0.1, 0.15) is 54.7 Å². The fourth-order valence-corrected chi connectivity index (χ4v) is 8.93. The van der Waals surface area contributed by atoms with E-state index in [0.717, 1.165) is 32.1 Å². The van der Waals surface area contributed by atoms with E-state index in [1.54, 1.807) is 42.5 Å². The molecule has 0 aromatic heterocycles. The van der Waals surface area contributed by atoms with Crippen LogP contribution in [0.3, 0.4) is 0 Å². The Bertz CT molecular complexity index is 1180. The minimum absolute atomic E-state index is 0.00259. The van der Waals surface area contributed by atoms with Gasteiger partial charge in [0.15, 0.2) is 0 Å². The van der Waals surface area contributed by atoms with Crippen LogP contribution in [0, 0.1) is 23.7 Å². The Kier molecular flexibility index (Phi) is 3.91. The molecule has 0 heterocycles. The van der Waals surface area contributed by atoms with E-state index in [4.69, 9.17) is 0 Å². The van der Waals surface area contributed by atoms with Crippen LogP contribution in [0.5, 0.6) is 0 Å². The first kappa shape index (κ1) is 21.1. The zero-order valence-corrected chi connectivity index (χ0v) is 18.4. The van der Waals surface area contributed by atoms with Gasteiger partial charge in [0, 0.05) is 22.5 Å². The number of halogens is 6. The Morgan fingerprint density at radius 1 is 0.618 bits per heavy atom. The first-order chi connectivity index (χ1) is 16.1. The van der Waals surface area contributed by atoms with Crippen LogP contribution in [0.25, 0.3) is 5.57 Å². The average molecular weight is 474 g/mol. The molecule has 2 aromatic rings. The summed E-state index contributed by atoms with van der Waals surface area (Å²) in [5.74, 6) is -15.6. The Morgan fingerprint density at radius 2 is 1.18 bits per heavy atom. The van der Waals surface area contributed by atoms with Gasteiger partial charge in [0.05, 0.1) is 0 Å². The Balaban J connectivity index is 1.62. The number of rotatable bonds is 1. The van der Waals surface area contributed by atoms with Gasteiger partial charge in [-0.05, 0) is 72.5 Å². The first-order valence-corrected chi connectivity index (χ1v) is 12.1. The molecule has 2 aromatic carbocycles. The zero-order valence-electron chi connectivity index (χ0n) is 18.4. The summed E-state index contributed by atoms with van der Waals surface area (Å²) in [7, 11) is 0. The lowest BCUT2D eigenvalue weighted by Crippen LogP contribution is -2.60. The summed E-state index contributed by atoms with van der Waals surface area (Å²) >= 11 is 0. The van der Waals surface area contributed by atoms with Crippen molar-refractivity contribution in [1.82, 2.24) is 0 Å². The maximum Gasteiger partial charge on any atom is 0.380 e. The van der Waals surface area contributed by atoms with Gasteiger partial charge in [-0.1, -0.05) is 54.6 Å². The molecule has 0 saturated heterocycles. The number of allylic oxidation sites excluding steroid dienone is 2. The molecule has 178 valence electrons. The predicted molar refractivity (Wildman–Crippen MR) is 116 cm³/mol. The third-order valence-electron chi connectivity index (χ3n) is 9.76. The van der Waals surface area contributed by atoms with Gasteiger partial charge in [0.25, 0.3) is 0 Å². The highest BCUT2D eigenvalue weighted by molar-refractivity contribution is 5.86. The highest BCUT2D eigenvalue weighted by Crippen LogP contribution is 2.76. The summed E-state index contributed by atoms with van der Waals surface area (Å²) < 4.78 is 92.0. The molecule has 4 saturated carbocycles. The molecule has 4 bridgehead atoms. The van der Waals surface area contributed by atoms with Crippen LogP contribution in [-0.4, -0.2) is 17.8 Å². The van der Waals surface area contributed by atoms with Gasteiger partial charge < -0.3 is 0 Å². The molecule has 34 heavy (non-hydrogen) atoms. The second-order valence-corrected chi connectivity index (χ2v) is 11.1. The van der Waals surface area contributed by atoms with E-state index in [2.05, 4.69) is 0 Å². The molecular formula is C28H24F6. The van der Waals surface area contributed by atoms with Crippen LogP contribution >= 0.6 is 0 Å². The van der Waals surface area contributed by atoms with E-state index < -0.39 is 40.2 Å². The minimum Gasteiger partial charge on any atom is -0.194 e. The van der Waals surface area contributed by atoms with Crippen molar-refractivity contribution in [2.45, 2.75) is 61.2 Å². The van der Waals surface area contributed by atoms with Crippen molar-refractivity contribution in [3.05, 3.63) is 76.9 Å². The second-order valence-electron chi connectivity index (χ2n) is 11.1. The number of alkyl halides is 6. The van der Waals surface area contributed by atoms with E-state index in [0.29, 0.717) is 23.0 Å². The van der Waals surface area contributed by atoms with E-state index in [1.807, 2.05) is 0 Å². The lowest BCUT2D eigenvalue weighted by atomic mass is 9.38. The highest BCUT2D eigenvalue weighted by atomic mass is 19.3. The molecular weight excluding hydrogens is 450 g/mol. The Morgan fingerprint density at radius 3 is 1.79 bits per heavy atom. The first-order valence-electron chi connectivity index (χ1n) is 12.1. The topological polar surface area (TPSA) is 0 Å². The average Bonchev–Trinajstić information content (AvgIpc) is 2.91. The standard InChI is InChI=1S/C28H24F6/c29-26(30)23-20-8-4-5-9-21(20)25(18-11-15-10-16(13-18)14-19(25)12-15)22(17-6-2-1-3-7-17)24(23)27(31,32)28(26,33)34/h1-9,15-16,18-19,22H,10-14H2. The van der Waals surface area contributed by atoms with Gasteiger partial charge in [-0.15, -0.1) is 0 Å². The van der Waals surface area contributed by atoms with Crippen LogP contribution < -0.4 is 0 Å². The summed E-state index contributed by atoms with van der Waals surface area (Å²) in [5.41, 5.74) is -2.16. The largest absolute Gasteiger partial charge is 0.380 e. The van der Waals surface area contributed by atoms with E-state index in [1.165, 1.54) is 12.1 Å². The maximum absolute atomic E-state index is 15.7. The molecule has 8 rings (SSSR count). The molecule has 6 heteroatoms. The SMILES string of the molecule is FC1(F)C2=C(C(c3ccccc3)C3(c4ccccc42)C2CC4CC(C2)CC3C4)C(F)(F)C1(F)F. The molecule has 0 aliphatic heterocycles. The van der Waals surface area contributed by atoms with Crippen molar-refractivity contribution >= 4 is 5.57 Å². The number of benzene rings is 2. The summed E-state index contributed by atoms with van der Waals surface area (Å²) in [6.07, 6.45) is 4.48. The van der Waals surface area contributed by atoms with E-state index in [-0.39, 0.29) is 17.4 Å². The molecule has 6 aliphatic carbocycles. The fourth-order valence-electron chi connectivity index (χ4n) is 8.93. The summed E-state index contributed by atoms with van der Waals surface area (Å²) in [6.45, 7) is 0. The molecule has 0 amide bonds. The predicted octanol–water partition coefficient (Wildman–Crippen LogP) is 7.85. The normalized spacial score (nSPS) is 39.9. The Hall–Kier alpha value is -2.24. The monoisotopic (exact) mass is 474 g/mol. The van der Waals surface area contributed by atoms with Crippen LogP contribution in [0.4, 0.5) is 26.3 Å². The van der Waals surface area contributed by atoms with Crippen LogP contribution in [0.2, 0.25) is 0 Å². The molecule has 6 aliphatic rings. The van der Waals surface area contributed by atoms with Gasteiger partial charge in [0.2, 0.25) is 0 Å². The van der Waals surface area contributed by atoms with Gasteiger partial charge in [-0.3, -0.25) is 0 Å². The fraction of sp³-hybridized carbons (Fsp3) is 0.500. The number of hydrogen-bond acceptors (Lipinski definition) is 0. The Labute approximate surface area is 194 Å². The number of hydrogen-bond donors (Lipinski definition) is 0. The second kappa shape index (κ2) is 6.30. The van der Waals surface area contributed by atoms with Crippen molar-refractivity contribution < 1.29 is 26.3 Å². The van der Waals surface area contributed by atoms with Crippen molar-refractivity contribution in [1.29, 1.82) is 0 Å². The molecule has 1 unspecified atom stereocenters. The van der Waals surface area contributed by atoms with Gasteiger partial charge in [-0.25, -0.2) is 0 Å². The maximum atomic E-state index is 15.7. The zero-order chi connectivity index (χ0) is 23.7. The smallest absolute Gasteiger partial charge is 0.194 e. The number of fused-ring (bicyclic) bond motifs is 2. The molecule has 0 nitrogen and oxygen atoms in total. The van der Waals surface area contributed by atoms with E-state index in [9.17, 15) is 8.78 Å². The molecule has 4 fully saturated rings. The molecule has 0 radical (unpaired) electrons. The quantitative estimate of drug-likeness (QED) is 0.369. The minimum atomic E-state index is -5.48. The summed E-state index contributed by atoms with van der Waals surface area (Å²) in [6, 6.07) is 14.8. The highest BCUT2D eigenvalue weighted by Gasteiger charge is 2.83. The molecule has 1 atom stereocenters. The third-order valence-corrected chi connectivity index (χ3v) is 9.76. The van der Waals surface area contributed by atoms with Crippen LogP contribution in [0.15, 0.2) is 60.2 Å². The van der Waals surface area contributed by atoms with Crippen molar-refractivity contribution in [3.63, 3.8) is 0 Å². The summed E-state index contributed by atoms with van der Waals surface area (Å²) in [4.78, 5) is 0. The lowest BCUT2D eigenvalue weighted by molar-refractivity contribution is -0.261. The van der Waals surface area contributed by atoms with E-state index >= 15 is 17.6 Å². The lowest BCUT2D eigenvalue weighted by Gasteiger charge is -2.66. The molecule has 1 spiro atoms. The third kappa shape index (κ3) is 2.16. The van der Waals surface area contributed by atoms with Crippen molar-refractivity contribution in [3.8, 4) is 0 Å². The van der Waals surface area contributed by atoms with Gasteiger partial charge in [-0.2, -0.15) is 26.3 Å². The van der Waals surface area contributed by atoms with Crippen LogP contribution in [-0.2, 0) is 5.41 Å². The summed E-state index contributed by atoms with van der Waals surface area (Å²) in [5, 5.41) is 0. The van der Waals surface area contributed by atoms with Gasteiger partial charge >= 0.3 is 17.8 Å². The molecule has 0 N–H and O–H groups in total. The van der Waals surface area contributed by atoms with Crippen molar-refractivity contribution in [2.24, 2.45) is 23.7 Å². The van der Waals surface area contributed by atoms with Gasteiger partial charge in [0.1, 0.15) is 0 Å². The van der Waals surface area contributed by atoms with Crippen molar-refractivity contribution in [2.75, 3.05) is 0 Å².